The molecule has 7 atom stereocenters. The number of carbonyl (C=O) groups is 1. The van der Waals surface area contributed by atoms with Gasteiger partial charge in [-0.25, -0.2) is 0 Å². The van der Waals surface area contributed by atoms with Gasteiger partial charge in [-0.15, -0.1) is 0 Å². The first-order valence-corrected chi connectivity index (χ1v) is 33.2. The summed E-state index contributed by atoms with van der Waals surface area (Å²) in [6, 6.07) is -0.827. The number of aliphatic hydroxyl groups is 5. The molecule has 1 amide bonds. The minimum absolute atomic E-state index is 0.184. The third-order valence-electron chi connectivity index (χ3n) is 15.9. The number of rotatable bonds is 58. The van der Waals surface area contributed by atoms with E-state index in [0.29, 0.717) is 6.42 Å². The van der Waals surface area contributed by atoms with E-state index in [1.807, 2.05) is 6.08 Å². The SMILES string of the molecule is CCCCCCCCCCCCCCCCCCCCCCC/C=C/CC/C=C/CC/C=C/C(O)C(COC1OC(CO)C(O)C(O)C1O)NC(=O)CCCCCCCCCCCCCCCCCCCCCCCC. The van der Waals surface area contributed by atoms with Crippen LogP contribution >= 0.6 is 0 Å². The average molecular weight is 1070 g/mol. The van der Waals surface area contributed by atoms with Crippen LogP contribution in [0.15, 0.2) is 36.5 Å². The van der Waals surface area contributed by atoms with Gasteiger partial charge in [-0.05, 0) is 44.9 Å². The van der Waals surface area contributed by atoms with Gasteiger partial charge in [0.05, 0.1) is 25.4 Å². The molecule has 0 aromatic heterocycles. The lowest BCUT2D eigenvalue weighted by Gasteiger charge is -2.40. The van der Waals surface area contributed by atoms with Crippen molar-refractivity contribution in [2.75, 3.05) is 13.2 Å². The van der Waals surface area contributed by atoms with Crippen LogP contribution in [0.25, 0.3) is 0 Å². The largest absolute Gasteiger partial charge is 0.394 e. The van der Waals surface area contributed by atoms with Crippen molar-refractivity contribution < 1.29 is 39.8 Å². The minimum atomic E-state index is -1.57. The van der Waals surface area contributed by atoms with Gasteiger partial charge in [0.15, 0.2) is 6.29 Å². The Morgan fingerprint density at radius 2 is 0.750 bits per heavy atom. The van der Waals surface area contributed by atoms with Crippen molar-refractivity contribution in [2.24, 2.45) is 0 Å². The second kappa shape index (κ2) is 56.7. The van der Waals surface area contributed by atoms with Crippen LogP contribution in [-0.2, 0) is 14.3 Å². The van der Waals surface area contributed by atoms with E-state index in [1.54, 1.807) is 6.08 Å². The van der Waals surface area contributed by atoms with Crippen molar-refractivity contribution in [2.45, 2.75) is 371 Å². The fraction of sp³-hybridized carbons (Fsp3) is 0.896. The predicted octanol–water partition coefficient (Wildman–Crippen LogP) is 17.5. The molecule has 1 rings (SSSR count). The van der Waals surface area contributed by atoms with E-state index in [1.165, 1.54) is 263 Å². The molecule has 0 saturated carbocycles. The monoisotopic (exact) mass is 1070 g/mol. The number of hydrogen-bond acceptors (Lipinski definition) is 8. The number of allylic oxidation sites excluding steroid dienone is 5. The van der Waals surface area contributed by atoms with E-state index in [4.69, 9.17) is 9.47 Å². The van der Waals surface area contributed by atoms with Crippen molar-refractivity contribution in [1.29, 1.82) is 0 Å². The molecule has 1 aliphatic heterocycles. The molecule has 448 valence electrons. The maximum Gasteiger partial charge on any atom is 0.220 e. The zero-order chi connectivity index (χ0) is 55.0. The molecule has 0 radical (unpaired) electrons. The van der Waals surface area contributed by atoms with Crippen molar-refractivity contribution in [3.63, 3.8) is 0 Å². The summed E-state index contributed by atoms with van der Waals surface area (Å²) >= 11 is 0. The van der Waals surface area contributed by atoms with Crippen LogP contribution in [0.3, 0.4) is 0 Å². The van der Waals surface area contributed by atoms with E-state index in [0.717, 1.165) is 44.9 Å². The lowest BCUT2D eigenvalue weighted by molar-refractivity contribution is -0.302. The molecule has 1 heterocycles. The summed E-state index contributed by atoms with van der Waals surface area (Å²) in [5, 5.41) is 54.6. The van der Waals surface area contributed by atoms with Gasteiger partial charge >= 0.3 is 0 Å². The van der Waals surface area contributed by atoms with Crippen LogP contribution in [0.4, 0.5) is 0 Å². The zero-order valence-electron chi connectivity index (χ0n) is 50.0. The first-order valence-electron chi connectivity index (χ1n) is 33.2. The van der Waals surface area contributed by atoms with E-state index >= 15 is 0 Å². The summed E-state index contributed by atoms with van der Waals surface area (Å²) in [6.07, 6.45) is 68.2. The van der Waals surface area contributed by atoms with Crippen LogP contribution in [-0.4, -0.2) is 87.5 Å². The normalized spacial score (nSPS) is 19.0. The molecule has 9 nitrogen and oxygen atoms in total. The Balaban J connectivity index is 2.18. The van der Waals surface area contributed by atoms with Gasteiger partial charge in [0.2, 0.25) is 5.91 Å². The minimum Gasteiger partial charge on any atom is -0.394 e. The van der Waals surface area contributed by atoms with Gasteiger partial charge in [0.25, 0.3) is 0 Å². The summed E-state index contributed by atoms with van der Waals surface area (Å²) in [6.45, 7) is 3.81. The Kier molecular flexibility index (Phi) is 54.0. The average Bonchev–Trinajstić information content (AvgIpc) is 3.42. The molecular weight excluding hydrogens is 947 g/mol. The van der Waals surface area contributed by atoms with Gasteiger partial charge in [0.1, 0.15) is 24.4 Å². The summed E-state index contributed by atoms with van der Waals surface area (Å²) in [7, 11) is 0. The first-order chi connectivity index (χ1) is 37.3. The summed E-state index contributed by atoms with van der Waals surface area (Å²) < 4.78 is 11.3. The summed E-state index contributed by atoms with van der Waals surface area (Å²) in [4.78, 5) is 13.1. The van der Waals surface area contributed by atoms with Crippen molar-refractivity contribution >= 4 is 5.91 Å². The molecule has 0 spiro atoms. The summed E-state index contributed by atoms with van der Waals surface area (Å²) in [5.41, 5.74) is 0. The van der Waals surface area contributed by atoms with Gasteiger partial charge < -0.3 is 40.3 Å². The molecule has 0 aromatic rings. The fourth-order valence-electron chi connectivity index (χ4n) is 10.7. The van der Waals surface area contributed by atoms with E-state index in [9.17, 15) is 30.3 Å². The Hall–Kier alpha value is -1.59. The second-order valence-corrected chi connectivity index (χ2v) is 23.3. The Morgan fingerprint density at radius 1 is 0.434 bits per heavy atom. The Bertz CT molecular complexity index is 1290. The lowest BCUT2D eigenvalue weighted by Crippen LogP contribution is -2.60. The third-order valence-corrected chi connectivity index (χ3v) is 15.9. The molecule has 76 heavy (non-hydrogen) atoms. The quantitative estimate of drug-likeness (QED) is 0.0261. The van der Waals surface area contributed by atoms with Gasteiger partial charge in [-0.1, -0.05) is 314 Å². The molecule has 6 N–H and O–H groups in total. The topological polar surface area (TPSA) is 149 Å². The number of nitrogens with one attached hydrogen (secondary N) is 1. The van der Waals surface area contributed by atoms with E-state index in [2.05, 4.69) is 43.5 Å². The van der Waals surface area contributed by atoms with E-state index in [-0.39, 0.29) is 12.5 Å². The highest BCUT2D eigenvalue weighted by atomic mass is 16.7. The van der Waals surface area contributed by atoms with Crippen molar-refractivity contribution in [3.05, 3.63) is 36.5 Å². The highest BCUT2D eigenvalue weighted by Gasteiger charge is 2.44. The van der Waals surface area contributed by atoms with Crippen LogP contribution in [0.2, 0.25) is 0 Å². The number of hydrogen-bond donors (Lipinski definition) is 6. The van der Waals surface area contributed by atoms with Crippen molar-refractivity contribution in [3.8, 4) is 0 Å². The standard InChI is InChI=1S/C67H127NO8/c1-3-5-7-9-11-13-15-17-19-21-23-25-27-28-29-30-31-32-33-34-35-36-38-40-42-44-46-48-50-52-54-56-61(70)60(59-75-67-66(74)65(73)64(72)62(58-69)76-67)68-63(71)57-55-53-51-49-47-45-43-41-39-37-26-24-22-20-18-16-14-12-10-8-6-4-2/h38,40,46,48,54,56,60-62,64-67,69-70,72-74H,3-37,39,41-45,47,49-53,55,57-59H2,1-2H3,(H,68,71)/b40-38+,48-46+,56-54+. The zero-order valence-corrected chi connectivity index (χ0v) is 50.0. The van der Waals surface area contributed by atoms with Gasteiger partial charge in [-0.3, -0.25) is 4.79 Å². The Labute approximate surface area is 470 Å². The van der Waals surface area contributed by atoms with Crippen LogP contribution < -0.4 is 5.32 Å². The second-order valence-electron chi connectivity index (χ2n) is 23.3. The molecule has 1 fully saturated rings. The molecule has 9 heteroatoms. The smallest absolute Gasteiger partial charge is 0.220 e. The number of aliphatic hydroxyl groups excluding tert-OH is 5. The molecule has 0 aliphatic carbocycles. The maximum absolute atomic E-state index is 13.1. The number of carbonyl (C=O) groups excluding carboxylic acids is 1. The van der Waals surface area contributed by atoms with Gasteiger partial charge in [-0.2, -0.15) is 0 Å². The molecule has 0 bridgehead atoms. The Morgan fingerprint density at radius 3 is 1.11 bits per heavy atom. The highest BCUT2D eigenvalue weighted by molar-refractivity contribution is 5.76. The fourth-order valence-corrected chi connectivity index (χ4v) is 10.7. The lowest BCUT2D eigenvalue weighted by atomic mass is 9.99. The molecule has 1 aliphatic rings. The molecule has 1 saturated heterocycles. The van der Waals surface area contributed by atoms with Crippen LogP contribution in [0.1, 0.15) is 328 Å². The van der Waals surface area contributed by atoms with Crippen LogP contribution in [0, 0.1) is 0 Å². The number of amides is 1. The van der Waals surface area contributed by atoms with Crippen molar-refractivity contribution in [1.82, 2.24) is 5.32 Å². The third kappa shape index (κ3) is 45.2. The molecule has 0 aromatic carbocycles. The number of ether oxygens (including phenoxy) is 2. The summed E-state index contributed by atoms with van der Waals surface area (Å²) in [5.74, 6) is -0.184. The van der Waals surface area contributed by atoms with Crippen LogP contribution in [0.5, 0.6) is 0 Å². The first kappa shape index (κ1) is 72.4. The maximum atomic E-state index is 13.1. The predicted molar refractivity (Wildman–Crippen MR) is 323 cm³/mol. The highest BCUT2D eigenvalue weighted by Crippen LogP contribution is 2.23. The molecular formula is C67H127NO8. The van der Waals surface area contributed by atoms with Gasteiger partial charge in [0, 0.05) is 6.42 Å². The van der Waals surface area contributed by atoms with E-state index < -0.39 is 49.5 Å². The number of unbranched alkanes of at least 4 members (excludes halogenated alkanes) is 44. The molecule has 7 unspecified atom stereocenters.